The SMILES string of the molecule is CCNC(=NCc1ccc2c(c1)OCO2)NCC(=O)N1CCCC1.I. The molecule has 8 heteroatoms. The van der Waals surface area contributed by atoms with Crippen molar-refractivity contribution >= 4 is 35.8 Å². The Balaban J connectivity index is 0.00000225. The first-order chi connectivity index (χ1) is 11.8. The maximum atomic E-state index is 12.1. The molecule has 1 aromatic rings. The number of amides is 1. The second-order valence-electron chi connectivity index (χ2n) is 5.82. The van der Waals surface area contributed by atoms with E-state index >= 15 is 0 Å². The predicted octanol–water partition coefficient (Wildman–Crippen LogP) is 1.71. The number of carbonyl (C=O) groups excluding carboxylic acids is 1. The Labute approximate surface area is 165 Å². The van der Waals surface area contributed by atoms with Gasteiger partial charge in [-0.3, -0.25) is 4.79 Å². The standard InChI is InChI=1S/C17H24N4O3.HI/c1-2-18-17(20-11-16(22)21-7-3-4-8-21)19-10-13-5-6-14-15(9-13)24-12-23-14;/h5-6,9H,2-4,7-8,10-12H2,1H3,(H2,18,19,20);1H. The maximum Gasteiger partial charge on any atom is 0.241 e. The number of guanidine groups is 1. The van der Waals surface area contributed by atoms with E-state index in [-0.39, 0.29) is 43.2 Å². The minimum Gasteiger partial charge on any atom is -0.454 e. The molecular formula is C17H25IN4O3. The zero-order chi connectivity index (χ0) is 16.8. The minimum absolute atomic E-state index is 0. The number of hydrogen-bond donors (Lipinski definition) is 2. The Morgan fingerprint density at radius 1 is 1.20 bits per heavy atom. The van der Waals surface area contributed by atoms with E-state index < -0.39 is 0 Å². The van der Waals surface area contributed by atoms with E-state index in [0.29, 0.717) is 12.5 Å². The monoisotopic (exact) mass is 460 g/mol. The van der Waals surface area contributed by atoms with E-state index in [9.17, 15) is 4.79 Å². The Morgan fingerprint density at radius 2 is 1.96 bits per heavy atom. The second-order valence-corrected chi connectivity index (χ2v) is 5.82. The van der Waals surface area contributed by atoms with E-state index in [4.69, 9.17) is 9.47 Å². The fraction of sp³-hybridized carbons (Fsp3) is 0.529. The third kappa shape index (κ3) is 5.38. The summed E-state index contributed by atoms with van der Waals surface area (Å²) in [5.41, 5.74) is 1.03. The molecular weight excluding hydrogens is 435 g/mol. The Morgan fingerprint density at radius 3 is 2.72 bits per heavy atom. The molecule has 2 heterocycles. The highest BCUT2D eigenvalue weighted by Gasteiger charge is 2.17. The Kier molecular flexibility index (Phi) is 7.60. The largest absolute Gasteiger partial charge is 0.454 e. The van der Waals surface area contributed by atoms with Crippen LogP contribution in [0.1, 0.15) is 25.3 Å². The molecule has 0 saturated carbocycles. The Bertz CT molecular complexity index is 618. The summed E-state index contributed by atoms with van der Waals surface area (Å²) in [5.74, 6) is 2.29. The molecule has 1 amide bonds. The number of rotatable bonds is 5. The van der Waals surface area contributed by atoms with E-state index in [1.807, 2.05) is 30.0 Å². The molecule has 7 nitrogen and oxygen atoms in total. The van der Waals surface area contributed by atoms with Gasteiger partial charge in [0.2, 0.25) is 12.7 Å². The molecule has 1 aromatic carbocycles. The van der Waals surface area contributed by atoms with Crippen molar-refractivity contribution in [3.63, 3.8) is 0 Å². The van der Waals surface area contributed by atoms with Crippen molar-refractivity contribution in [2.45, 2.75) is 26.3 Å². The number of nitrogens with one attached hydrogen (secondary N) is 2. The van der Waals surface area contributed by atoms with E-state index in [0.717, 1.165) is 49.5 Å². The number of aliphatic imine (C=N–C) groups is 1. The number of nitrogens with zero attached hydrogens (tertiary/aromatic N) is 2. The summed E-state index contributed by atoms with van der Waals surface area (Å²) in [5, 5.41) is 6.27. The first kappa shape index (κ1) is 19.6. The molecule has 2 aliphatic heterocycles. The minimum atomic E-state index is 0. The van der Waals surface area contributed by atoms with Gasteiger partial charge in [0.15, 0.2) is 17.5 Å². The molecule has 0 radical (unpaired) electrons. The van der Waals surface area contributed by atoms with Crippen molar-refractivity contribution in [2.24, 2.45) is 4.99 Å². The van der Waals surface area contributed by atoms with Gasteiger partial charge in [-0.2, -0.15) is 0 Å². The highest BCUT2D eigenvalue weighted by Crippen LogP contribution is 2.32. The summed E-state index contributed by atoms with van der Waals surface area (Å²) < 4.78 is 10.7. The third-order valence-electron chi connectivity index (χ3n) is 4.07. The van der Waals surface area contributed by atoms with Crippen molar-refractivity contribution in [1.82, 2.24) is 15.5 Å². The lowest BCUT2D eigenvalue weighted by atomic mass is 10.2. The van der Waals surface area contributed by atoms with Crippen LogP contribution in [-0.4, -0.2) is 49.7 Å². The fourth-order valence-electron chi connectivity index (χ4n) is 2.79. The van der Waals surface area contributed by atoms with Gasteiger partial charge in [-0.05, 0) is 37.5 Å². The zero-order valence-corrected chi connectivity index (χ0v) is 16.7. The lowest BCUT2D eigenvalue weighted by Crippen LogP contribution is -2.44. The van der Waals surface area contributed by atoms with Gasteiger partial charge < -0.3 is 25.0 Å². The van der Waals surface area contributed by atoms with Crippen molar-refractivity contribution in [3.8, 4) is 11.5 Å². The number of carbonyl (C=O) groups is 1. The molecule has 2 N–H and O–H groups in total. The van der Waals surface area contributed by atoms with Gasteiger partial charge in [-0.25, -0.2) is 4.99 Å². The molecule has 2 aliphatic rings. The summed E-state index contributed by atoms with van der Waals surface area (Å²) in [6.07, 6.45) is 2.20. The summed E-state index contributed by atoms with van der Waals surface area (Å²) in [7, 11) is 0. The summed E-state index contributed by atoms with van der Waals surface area (Å²) in [6, 6.07) is 5.80. The van der Waals surface area contributed by atoms with Gasteiger partial charge in [0.25, 0.3) is 0 Å². The van der Waals surface area contributed by atoms with Gasteiger partial charge in [0.05, 0.1) is 13.1 Å². The van der Waals surface area contributed by atoms with E-state index in [1.165, 1.54) is 0 Å². The molecule has 25 heavy (non-hydrogen) atoms. The summed E-state index contributed by atoms with van der Waals surface area (Å²) >= 11 is 0. The van der Waals surface area contributed by atoms with Crippen LogP contribution >= 0.6 is 24.0 Å². The van der Waals surface area contributed by atoms with Gasteiger partial charge in [-0.15, -0.1) is 24.0 Å². The first-order valence-electron chi connectivity index (χ1n) is 8.44. The van der Waals surface area contributed by atoms with Crippen molar-refractivity contribution in [1.29, 1.82) is 0 Å². The van der Waals surface area contributed by atoms with Crippen molar-refractivity contribution in [2.75, 3.05) is 33.0 Å². The van der Waals surface area contributed by atoms with Gasteiger partial charge in [0.1, 0.15) is 0 Å². The number of benzene rings is 1. The highest BCUT2D eigenvalue weighted by atomic mass is 127. The molecule has 138 valence electrons. The molecule has 0 aromatic heterocycles. The van der Waals surface area contributed by atoms with Crippen LogP contribution in [0, 0.1) is 0 Å². The second kappa shape index (κ2) is 9.69. The topological polar surface area (TPSA) is 75.2 Å². The molecule has 0 spiro atoms. The van der Waals surface area contributed by atoms with Crippen LogP contribution < -0.4 is 20.1 Å². The third-order valence-corrected chi connectivity index (χ3v) is 4.07. The molecule has 0 bridgehead atoms. The molecule has 0 atom stereocenters. The molecule has 1 saturated heterocycles. The highest BCUT2D eigenvalue weighted by molar-refractivity contribution is 14.0. The first-order valence-corrected chi connectivity index (χ1v) is 8.44. The van der Waals surface area contributed by atoms with Crippen LogP contribution in [0.15, 0.2) is 23.2 Å². The van der Waals surface area contributed by atoms with Crippen LogP contribution in [0.4, 0.5) is 0 Å². The van der Waals surface area contributed by atoms with Crippen LogP contribution in [-0.2, 0) is 11.3 Å². The molecule has 0 unspecified atom stereocenters. The average molecular weight is 460 g/mol. The number of likely N-dealkylation sites (tertiary alicyclic amines) is 1. The fourth-order valence-corrected chi connectivity index (χ4v) is 2.79. The van der Waals surface area contributed by atoms with Crippen LogP contribution in [0.3, 0.4) is 0 Å². The Hall–Kier alpha value is -1.71. The van der Waals surface area contributed by atoms with E-state index in [1.54, 1.807) is 0 Å². The lowest BCUT2D eigenvalue weighted by molar-refractivity contribution is -0.128. The van der Waals surface area contributed by atoms with Gasteiger partial charge in [-0.1, -0.05) is 6.07 Å². The van der Waals surface area contributed by atoms with Crippen LogP contribution in [0.2, 0.25) is 0 Å². The zero-order valence-electron chi connectivity index (χ0n) is 14.4. The lowest BCUT2D eigenvalue weighted by Gasteiger charge is -2.17. The summed E-state index contributed by atoms with van der Waals surface area (Å²) in [6.45, 7) is 5.52. The van der Waals surface area contributed by atoms with Crippen molar-refractivity contribution < 1.29 is 14.3 Å². The van der Waals surface area contributed by atoms with E-state index in [2.05, 4.69) is 15.6 Å². The number of hydrogen-bond acceptors (Lipinski definition) is 4. The van der Waals surface area contributed by atoms with Crippen LogP contribution in [0.5, 0.6) is 11.5 Å². The number of ether oxygens (including phenoxy) is 2. The molecule has 3 rings (SSSR count). The quantitative estimate of drug-likeness (QED) is 0.398. The van der Waals surface area contributed by atoms with Gasteiger partial charge >= 0.3 is 0 Å². The number of fused-ring (bicyclic) bond motifs is 1. The maximum absolute atomic E-state index is 12.1. The summed E-state index contributed by atoms with van der Waals surface area (Å²) in [4.78, 5) is 18.5. The predicted molar refractivity (Wildman–Crippen MR) is 107 cm³/mol. The average Bonchev–Trinajstić information content (AvgIpc) is 3.27. The molecule has 0 aliphatic carbocycles. The van der Waals surface area contributed by atoms with Gasteiger partial charge in [0, 0.05) is 19.6 Å². The normalized spacial score (nSPS) is 15.7. The molecule has 1 fully saturated rings. The smallest absolute Gasteiger partial charge is 0.241 e. The van der Waals surface area contributed by atoms with Crippen molar-refractivity contribution in [3.05, 3.63) is 23.8 Å². The van der Waals surface area contributed by atoms with Crippen LogP contribution in [0.25, 0.3) is 0 Å². The number of halogens is 1.